The maximum Gasteiger partial charge on any atom is 0.270 e. The highest BCUT2D eigenvalue weighted by molar-refractivity contribution is 6.88. The molecular weight excluding hydrogens is 272 g/mol. The maximum atomic E-state index is 11.5. The molecule has 20 heavy (non-hydrogen) atoms. The van der Waals surface area contributed by atoms with E-state index in [0.29, 0.717) is 17.9 Å². The fourth-order valence-electron chi connectivity index (χ4n) is 2.04. The molecule has 0 radical (unpaired) electrons. The van der Waals surface area contributed by atoms with Crippen LogP contribution < -0.4 is 15.8 Å². The van der Waals surface area contributed by atoms with Gasteiger partial charge in [0.15, 0.2) is 5.69 Å². The summed E-state index contributed by atoms with van der Waals surface area (Å²) in [6.45, 7) is 8.99. The van der Waals surface area contributed by atoms with Crippen molar-refractivity contribution >= 4 is 30.2 Å². The summed E-state index contributed by atoms with van der Waals surface area (Å²) in [6, 6.07) is 1.99. The van der Waals surface area contributed by atoms with Crippen molar-refractivity contribution in [3.63, 3.8) is 0 Å². The van der Waals surface area contributed by atoms with Gasteiger partial charge in [-0.3, -0.25) is 9.48 Å². The molecule has 0 saturated heterocycles. The van der Waals surface area contributed by atoms with Gasteiger partial charge in [0, 0.05) is 12.4 Å². The Labute approximate surface area is 118 Å². The van der Waals surface area contributed by atoms with E-state index >= 15 is 0 Å². The summed E-state index contributed by atoms with van der Waals surface area (Å²) < 4.78 is 7.27. The minimum absolute atomic E-state index is 0.209. The molecule has 0 saturated carbocycles. The molecule has 2 heterocycles. The number of hydrogen-bond donors (Lipinski definition) is 1. The van der Waals surface area contributed by atoms with Gasteiger partial charge in [0.2, 0.25) is 5.88 Å². The molecule has 2 aromatic heterocycles. The van der Waals surface area contributed by atoms with Gasteiger partial charge in [-0.1, -0.05) is 19.6 Å². The van der Waals surface area contributed by atoms with Crippen LogP contribution in [-0.2, 0) is 7.05 Å². The number of carbonyl (C=O) groups is 1. The fourth-order valence-corrected chi connectivity index (χ4v) is 3.05. The van der Waals surface area contributed by atoms with Crippen molar-refractivity contribution in [2.75, 3.05) is 6.61 Å². The number of fused-ring (bicyclic) bond motifs is 1. The van der Waals surface area contributed by atoms with Crippen LogP contribution in [0.1, 0.15) is 17.4 Å². The van der Waals surface area contributed by atoms with Crippen molar-refractivity contribution in [2.24, 2.45) is 12.8 Å². The number of rotatable bonds is 4. The molecule has 0 bridgehead atoms. The molecule has 1 amide bonds. The third-order valence-electron chi connectivity index (χ3n) is 3.08. The number of hydrogen-bond acceptors (Lipinski definition) is 4. The Hall–Kier alpha value is -1.89. The van der Waals surface area contributed by atoms with Crippen LogP contribution in [0.25, 0.3) is 10.9 Å². The topological polar surface area (TPSA) is 83.0 Å². The molecule has 0 aromatic carbocycles. The Bertz CT molecular complexity index is 673. The number of nitrogens with two attached hydrogens (primary N) is 1. The van der Waals surface area contributed by atoms with Gasteiger partial charge in [-0.05, 0) is 13.0 Å². The van der Waals surface area contributed by atoms with Gasteiger partial charge in [-0.15, -0.1) is 0 Å². The molecule has 2 rings (SSSR count). The summed E-state index contributed by atoms with van der Waals surface area (Å²) in [4.78, 5) is 16.1. The van der Waals surface area contributed by atoms with Crippen molar-refractivity contribution in [3.8, 4) is 5.88 Å². The lowest BCUT2D eigenvalue weighted by Gasteiger charge is -2.17. The van der Waals surface area contributed by atoms with Crippen LogP contribution in [0.15, 0.2) is 6.07 Å². The first-order chi connectivity index (χ1) is 9.25. The van der Waals surface area contributed by atoms with Crippen molar-refractivity contribution in [2.45, 2.75) is 26.6 Å². The van der Waals surface area contributed by atoms with Crippen molar-refractivity contribution in [1.29, 1.82) is 0 Å². The summed E-state index contributed by atoms with van der Waals surface area (Å²) in [5, 5.41) is 5.81. The summed E-state index contributed by atoms with van der Waals surface area (Å²) in [5.74, 6) is -0.122. The lowest BCUT2D eigenvalue weighted by atomic mass is 10.2. The van der Waals surface area contributed by atoms with Gasteiger partial charge in [0.05, 0.1) is 17.5 Å². The van der Waals surface area contributed by atoms with Gasteiger partial charge in [-0.25, -0.2) is 4.98 Å². The minimum atomic E-state index is -1.60. The first kappa shape index (κ1) is 14.5. The molecule has 0 aliphatic heterocycles. The smallest absolute Gasteiger partial charge is 0.270 e. The third-order valence-corrected chi connectivity index (χ3v) is 4.88. The fraction of sp³-hybridized carbons (Fsp3) is 0.462. The average molecular weight is 292 g/mol. The second-order valence-corrected chi connectivity index (χ2v) is 10.7. The van der Waals surface area contributed by atoms with E-state index in [-0.39, 0.29) is 5.69 Å². The van der Waals surface area contributed by atoms with Gasteiger partial charge in [0.1, 0.15) is 8.07 Å². The zero-order valence-corrected chi connectivity index (χ0v) is 13.5. The van der Waals surface area contributed by atoms with E-state index in [1.165, 1.54) is 0 Å². The highest BCUT2D eigenvalue weighted by Gasteiger charge is 2.25. The van der Waals surface area contributed by atoms with Crippen molar-refractivity contribution in [1.82, 2.24) is 14.8 Å². The van der Waals surface area contributed by atoms with E-state index in [1.807, 2.05) is 13.0 Å². The predicted octanol–water partition coefficient (Wildman–Crippen LogP) is 1.01. The van der Waals surface area contributed by atoms with E-state index in [1.54, 1.807) is 11.7 Å². The summed E-state index contributed by atoms with van der Waals surface area (Å²) in [6.07, 6.45) is 0. The van der Waals surface area contributed by atoms with Crippen molar-refractivity contribution in [3.05, 3.63) is 11.8 Å². The van der Waals surface area contributed by atoms with E-state index < -0.39 is 14.0 Å². The predicted molar refractivity (Wildman–Crippen MR) is 81.2 cm³/mol. The number of aromatic nitrogens is 3. The monoisotopic (exact) mass is 292 g/mol. The second-order valence-electron chi connectivity index (χ2n) is 5.73. The number of nitrogens with zero attached hydrogens (tertiary/aromatic N) is 3. The minimum Gasteiger partial charge on any atom is -0.477 e. The quantitative estimate of drug-likeness (QED) is 0.853. The number of amides is 1. The SMILES string of the molecule is CCOc1nc([Si](C)(C)C)cc2c1c(C(N)=O)nn2C. The standard InChI is InChI=1S/C13H20N4O2Si/c1-6-19-13-10-8(7-9(15-13)20(3,4)5)17(2)16-11(10)12(14)18/h7H,6H2,1-5H3,(H2,14,18). The number of aryl methyl sites for hydroxylation is 1. The van der Waals surface area contributed by atoms with E-state index in [4.69, 9.17) is 10.5 Å². The Morgan fingerprint density at radius 1 is 1.45 bits per heavy atom. The van der Waals surface area contributed by atoms with Gasteiger partial charge in [-0.2, -0.15) is 5.10 Å². The number of ether oxygens (including phenoxy) is 1. The summed E-state index contributed by atoms with van der Waals surface area (Å²) in [7, 11) is 0.190. The highest BCUT2D eigenvalue weighted by atomic mass is 28.3. The first-order valence-corrected chi connectivity index (χ1v) is 10.1. The van der Waals surface area contributed by atoms with E-state index in [0.717, 1.165) is 10.8 Å². The lowest BCUT2D eigenvalue weighted by Crippen LogP contribution is -2.40. The summed E-state index contributed by atoms with van der Waals surface area (Å²) in [5.41, 5.74) is 6.43. The van der Waals surface area contributed by atoms with Gasteiger partial charge < -0.3 is 10.5 Å². The molecule has 0 spiro atoms. The van der Waals surface area contributed by atoms with E-state index in [9.17, 15) is 4.79 Å². The average Bonchev–Trinajstić information content (AvgIpc) is 2.67. The molecular formula is C13H20N4O2Si. The number of primary amides is 1. The molecule has 0 aliphatic carbocycles. The zero-order valence-electron chi connectivity index (χ0n) is 12.5. The molecule has 108 valence electrons. The van der Waals surface area contributed by atoms with Crippen LogP contribution in [0.4, 0.5) is 0 Å². The second kappa shape index (κ2) is 4.90. The molecule has 2 aromatic rings. The molecule has 0 aliphatic rings. The Morgan fingerprint density at radius 3 is 2.60 bits per heavy atom. The molecule has 2 N–H and O–H groups in total. The van der Waals surface area contributed by atoms with Crippen LogP contribution in [-0.4, -0.2) is 35.4 Å². The number of pyridine rings is 1. The van der Waals surface area contributed by atoms with Crippen LogP contribution >= 0.6 is 0 Å². The van der Waals surface area contributed by atoms with Crippen LogP contribution in [0, 0.1) is 0 Å². The maximum absolute atomic E-state index is 11.5. The molecule has 7 heteroatoms. The van der Waals surface area contributed by atoms with Crippen LogP contribution in [0.3, 0.4) is 0 Å². The Kier molecular flexibility index (Phi) is 3.55. The normalized spacial score (nSPS) is 11.8. The van der Waals surface area contributed by atoms with Crippen LogP contribution in [0.2, 0.25) is 19.6 Å². The lowest BCUT2D eigenvalue weighted by molar-refractivity contribution is 0.0996. The Balaban J connectivity index is 2.83. The highest BCUT2D eigenvalue weighted by Crippen LogP contribution is 2.26. The number of carbonyl (C=O) groups excluding carboxylic acids is 1. The molecule has 0 unspecified atom stereocenters. The molecule has 0 fully saturated rings. The first-order valence-electron chi connectivity index (χ1n) is 6.56. The third kappa shape index (κ3) is 2.40. The largest absolute Gasteiger partial charge is 0.477 e. The van der Waals surface area contributed by atoms with E-state index in [2.05, 4.69) is 29.7 Å². The Morgan fingerprint density at radius 2 is 2.10 bits per heavy atom. The van der Waals surface area contributed by atoms with Crippen molar-refractivity contribution < 1.29 is 9.53 Å². The zero-order chi connectivity index (χ0) is 15.1. The van der Waals surface area contributed by atoms with Crippen LogP contribution in [0.5, 0.6) is 5.88 Å². The summed E-state index contributed by atoms with van der Waals surface area (Å²) >= 11 is 0. The molecule has 6 nitrogen and oxygen atoms in total. The van der Waals surface area contributed by atoms with Gasteiger partial charge >= 0.3 is 0 Å². The van der Waals surface area contributed by atoms with Gasteiger partial charge in [0.25, 0.3) is 5.91 Å². The molecule has 0 atom stereocenters.